The first kappa shape index (κ1) is 34.5. The quantitative estimate of drug-likeness (QED) is 0.210. The molecule has 1 aromatic heterocycles. The molecule has 0 radical (unpaired) electrons. The zero-order chi connectivity index (χ0) is 24.7. The van der Waals surface area contributed by atoms with E-state index in [2.05, 4.69) is 6.92 Å². The number of hydrogen-bond donors (Lipinski definition) is 2. The van der Waals surface area contributed by atoms with Crippen molar-refractivity contribution in [3.05, 3.63) is 29.6 Å². The van der Waals surface area contributed by atoms with E-state index < -0.39 is 11.9 Å². The van der Waals surface area contributed by atoms with Crippen molar-refractivity contribution < 1.29 is 24.4 Å². The van der Waals surface area contributed by atoms with Crippen molar-refractivity contribution in [1.29, 1.82) is 0 Å². The smallest absolute Gasteiger partial charge is 0.255 e. The van der Waals surface area contributed by atoms with Crippen LogP contribution in [0.15, 0.2) is 18.3 Å². The molecule has 0 aromatic carbocycles. The van der Waals surface area contributed by atoms with E-state index in [-0.39, 0.29) is 25.4 Å². The number of aliphatic hydroxyl groups is 1. The minimum Gasteiger partial charge on any atom is -0.550 e. The molecule has 198 valence electrons. The van der Waals surface area contributed by atoms with Gasteiger partial charge in [0.2, 0.25) is 0 Å². The highest BCUT2D eigenvalue weighted by Crippen LogP contribution is 2.13. The van der Waals surface area contributed by atoms with Gasteiger partial charge in [0.1, 0.15) is 12.2 Å². The third kappa shape index (κ3) is 19.8. The lowest BCUT2D eigenvalue weighted by atomic mass is 10.0. The number of aliphatic carboxylic acids is 1. The number of carboxylic acids is 1. The second-order valence-corrected chi connectivity index (χ2v) is 8.86. The number of aromatic nitrogens is 1. The molecule has 0 saturated carbocycles. The Balaban J connectivity index is 0. The topological polar surface area (TPSA) is 107 Å². The van der Waals surface area contributed by atoms with Crippen molar-refractivity contribution in [3.63, 3.8) is 0 Å². The lowest BCUT2D eigenvalue weighted by Crippen LogP contribution is -2.40. The van der Waals surface area contributed by atoms with Crippen molar-refractivity contribution in [3.8, 4) is 0 Å². The predicted molar refractivity (Wildman–Crippen MR) is 139 cm³/mol. The molecular weight excluding hydrogens is 452 g/mol. The molecule has 34 heavy (non-hydrogen) atoms. The second-order valence-electron chi connectivity index (χ2n) is 8.86. The molecule has 0 saturated heterocycles. The molecule has 6 nitrogen and oxygen atoms in total. The maximum Gasteiger partial charge on any atom is 0.255 e. The maximum absolute atomic E-state index is 10.9. The Labute approximate surface area is 213 Å². The molecule has 0 fully saturated rings. The summed E-state index contributed by atoms with van der Waals surface area (Å²) in [7, 11) is 0. The highest BCUT2D eigenvalue weighted by Gasteiger charge is 2.13. The van der Waals surface area contributed by atoms with Crippen LogP contribution in [-0.4, -0.2) is 23.6 Å². The van der Waals surface area contributed by atoms with E-state index in [1.807, 2.05) is 0 Å². The molecular formula is C27H49ClN2O4. The van der Waals surface area contributed by atoms with Crippen LogP contribution in [0.25, 0.3) is 0 Å². The lowest BCUT2D eigenvalue weighted by molar-refractivity contribution is -0.704. The van der Waals surface area contributed by atoms with Crippen molar-refractivity contribution in [2.75, 3.05) is 6.61 Å². The predicted octanol–water partition coefficient (Wildman–Crippen LogP) is 4.79. The molecule has 0 aliphatic rings. The van der Waals surface area contributed by atoms with Crippen LogP contribution in [0.4, 0.5) is 0 Å². The van der Waals surface area contributed by atoms with Crippen molar-refractivity contribution in [2.24, 2.45) is 5.73 Å². The lowest BCUT2D eigenvalue weighted by Gasteiger charge is -2.04. The minimum atomic E-state index is -0.903. The van der Waals surface area contributed by atoms with Gasteiger partial charge in [-0.3, -0.25) is 4.79 Å². The number of aliphatic hydroxyl groups excluding tert-OH is 1. The third-order valence-corrected chi connectivity index (χ3v) is 5.94. The van der Waals surface area contributed by atoms with Crippen LogP contribution < -0.4 is 15.4 Å². The Morgan fingerprint density at radius 3 is 1.71 bits per heavy atom. The number of amides is 1. The first-order valence-electron chi connectivity index (χ1n) is 13.0. The Bertz CT molecular complexity index is 641. The summed E-state index contributed by atoms with van der Waals surface area (Å²) >= 11 is 0. The number of carboxylic acid groups (broad SMARTS) is 1. The molecule has 0 spiro atoms. The number of unbranched alkanes of at least 4 members (excludes halogenated alkanes) is 14. The van der Waals surface area contributed by atoms with Crippen LogP contribution in [0.3, 0.4) is 0 Å². The fourth-order valence-corrected chi connectivity index (χ4v) is 3.88. The van der Waals surface area contributed by atoms with Crippen LogP contribution in [-0.2, 0) is 11.3 Å². The minimum absolute atomic E-state index is 0. The van der Waals surface area contributed by atoms with Gasteiger partial charge in [-0.25, -0.2) is 0 Å². The summed E-state index contributed by atoms with van der Waals surface area (Å²) in [6, 6.07) is 3.41. The van der Waals surface area contributed by atoms with Gasteiger partial charge in [0.15, 0.2) is 18.4 Å². The first-order valence-corrected chi connectivity index (χ1v) is 13.0. The number of carbonyl (C=O) groups excluding carboxylic acids is 2. The number of nitrogens with zero attached hydrogens (tertiary/aromatic N) is 1. The largest absolute Gasteiger partial charge is 0.550 e. The normalized spacial score (nSPS) is 10.2. The van der Waals surface area contributed by atoms with Gasteiger partial charge in [-0.05, 0) is 18.9 Å². The highest BCUT2D eigenvalue weighted by molar-refractivity contribution is 5.93. The van der Waals surface area contributed by atoms with E-state index in [0.717, 1.165) is 18.5 Å². The number of pyridine rings is 1. The van der Waals surface area contributed by atoms with Gasteiger partial charge in [0.25, 0.3) is 5.91 Å². The summed E-state index contributed by atoms with van der Waals surface area (Å²) in [4.78, 5) is 21.1. The summed E-state index contributed by atoms with van der Waals surface area (Å²) in [6.07, 6.45) is 21.7. The Kier molecular flexibility index (Phi) is 24.8. The molecule has 7 heteroatoms. The van der Waals surface area contributed by atoms with Crippen LogP contribution in [0.5, 0.6) is 0 Å². The van der Waals surface area contributed by atoms with Gasteiger partial charge in [-0.1, -0.05) is 96.8 Å². The number of carbonyl (C=O) groups is 2. The van der Waals surface area contributed by atoms with Gasteiger partial charge in [-0.2, -0.15) is 4.57 Å². The van der Waals surface area contributed by atoms with Crippen LogP contribution >= 0.6 is 12.4 Å². The van der Waals surface area contributed by atoms with E-state index in [1.54, 1.807) is 29.8 Å². The van der Waals surface area contributed by atoms with Gasteiger partial charge in [0, 0.05) is 19.0 Å². The Morgan fingerprint density at radius 1 is 0.882 bits per heavy atom. The standard InChI is InChI=1S/C18H36O2.C9H12N2O2.ClH/c1-2-3-4-5-6-7-8-9-10-11-12-13-14-15-16-17-18(19)20;1-7-8(9(10)13)3-2-4-11(7)5-6-12;/h2-17H2,1H3,(H,19,20);2-4,12H,5-6H2,1H3,(H-,10,13);1H. The average molecular weight is 501 g/mol. The number of nitrogens with two attached hydrogens (primary N) is 1. The van der Waals surface area contributed by atoms with Gasteiger partial charge in [0.05, 0.1) is 0 Å². The van der Waals surface area contributed by atoms with Crippen molar-refractivity contribution in [1.82, 2.24) is 0 Å². The zero-order valence-corrected chi connectivity index (χ0v) is 22.4. The van der Waals surface area contributed by atoms with Gasteiger partial charge >= 0.3 is 0 Å². The first-order chi connectivity index (χ1) is 15.9. The van der Waals surface area contributed by atoms with Crippen molar-refractivity contribution in [2.45, 2.75) is 123 Å². The van der Waals surface area contributed by atoms with Crippen molar-refractivity contribution >= 4 is 24.3 Å². The van der Waals surface area contributed by atoms with E-state index in [9.17, 15) is 14.7 Å². The summed E-state index contributed by atoms with van der Waals surface area (Å²) in [6.45, 7) is 4.60. The molecule has 0 bridgehead atoms. The molecule has 1 heterocycles. The number of halogens is 1. The summed E-state index contributed by atoms with van der Waals surface area (Å²) < 4.78 is 1.79. The molecule has 0 aliphatic heterocycles. The highest BCUT2D eigenvalue weighted by atomic mass is 35.5. The molecule has 1 aromatic rings. The summed E-state index contributed by atoms with van der Waals surface area (Å²) in [5.41, 5.74) is 6.44. The molecule has 0 aliphatic carbocycles. The van der Waals surface area contributed by atoms with Gasteiger partial charge < -0.3 is 20.7 Å². The molecule has 0 atom stereocenters. The van der Waals surface area contributed by atoms with Crippen LogP contribution in [0.2, 0.25) is 0 Å². The second kappa shape index (κ2) is 24.5. The van der Waals surface area contributed by atoms with E-state index in [4.69, 9.17) is 10.8 Å². The fourth-order valence-electron chi connectivity index (χ4n) is 3.88. The average Bonchev–Trinajstić information content (AvgIpc) is 2.78. The van der Waals surface area contributed by atoms with Gasteiger partial charge in [-0.15, -0.1) is 12.4 Å². The Hall–Kier alpha value is -1.66. The van der Waals surface area contributed by atoms with E-state index in [0.29, 0.717) is 12.1 Å². The maximum atomic E-state index is 10.9. The SMILES string of the molecule is CCCCCCCCCCCCCCCCCC(=O)[O-].Cc1c(C(N)=O)ccc[n+]1CCO.Cl. The van der Waals surface area contributed by atoms with E-state index >= 15 is 0 Å². The number of primary amides is 1. The number of rotatable bonds is 19. The molecule has 0 unspecified atom stereocenters. The van der Waals surface area contributed by atoms with E-state index in [1.165, 1.54) is 83.5 Å². The zero-order valence-electron chi connectivity index (χ0n) is 21.6. The van der Waals surface area contributed by atoms with Crippen LogP contribution in [0, 0.1) is 6.92 Å². The third-order valence-electron chi connectivity index (χ3n) is 5.94. The van der Waals surface area contributed by atoms with Crippen LogP contribution in [0.1, 0.15) is 126 Å². The Morgan fingerprint density at radius 2 is 1.32 bits per heavy atom. The summed E-state index contributed by atoms with van der Waals surface area (Å²) in [5.74, 6) is -1.34. The molecule has 3 N–H and O–H groups in total. The monoisotopic (exact) mass is 500 g/mol. The fraction of sp³-hybridized carbons (Fsp3) is 0.741. The molecule has 1 rings (SSSR count). The summed E-state index contributed by atoms with van der Waals surface area (Å²) in [5, 5.41) is 19.0. The molecule has 1 amide bonds. The number of hydrogen-bond acceptors (Lipinski definition) is 4.